The predicted octanol–water partition coefficient (Wildman–Crippen LogP) is 2.55. The average molecular weight is 417 g/mol. The van der Waals surface area contributed by atoms with E-state index in [9.17, 15) is 13.0 Å². The van der Waals surface area contributed by atoms with Crippen molar-refractivity contribution in [1.29, 1.82) is 0 Å². The third kappa shape index (κ3) is 20.2. The van der Waals surface area contributed by atoms with Crippen molar-refractivity contribution in [2.24, 2.45) is 0 Å². The monoisotopic (exact) mass is 416 g/mol. The second kappa shape index (κ2) is 21.2. The Kier molecular flexibility index (Phi) is 24.2. The summed E-state index contributed by atoms with van der Waals surface area (Å²) in [6.07, 6.45) is 17.7. The van der Waals surface area contributed by atoms with E-state index < -0.39 is 15.4 Å². The molecule has 0 radical (unpaired) electrons. The molecule has 0 saturated heterocycles. The zero-order valence-corrected chi connectivity index (χ0v) is 21.3. The van der Waals surface area contributed by atoms with Crippen molar-refractivity contribution in [2.45, 2.75) is 121 Å². The molecule has 0 aromatic heterocycles. The van der Waals surface area contributed by atoms with E-state index in [4.69, 9.17) is 5.11 Å². The number of hydrogen-bond donors (Lipinski definition) is 1. The second-order valence-electron chi connectivity index (χ2n) is 7.37. The van der Waals surface area contributed by atoms with E-state index in [1.807, 2.05) is 0 Å². The molecule has 4 nitrogen and oxygen atoms in total. The topological polar surface area (TPSA) is 77.4 Å². The van der Waals surface area contributed by atoms with Crippen LogP contribution in [0.25, 0.3) is 0 Å². The Labute approximate surface area is 205 Å². The Morgan fingerprint density at radius 3 is 1.38 bits per heavy atom. The van der Waals surface area contributed by atoms with Gasteiger partial charge in [-0.1, -0.05) is 96.8 Å². The summed E-state index contributed by atoms with van der Waals surface area (Å²) in [6, 6.07) is 0. The SMILES string of the molecule is CCCCCCCCCCCC(CCCCCCCCO)S(=O)(=O)[O-].[K+]. The van der Waals surface area contributed by atoms with Crippen molar-refractivity contribution in [2.75, 3.05) is 6.61 Å². The molecule has 0 aliphatic carbocycles. The summed E-state index contributed by atoms with van der Waals surface area (Å²) in [5.41, 5.74) is 0. The molecule has 1 unspecified atom stereocenters. The van der Waals surface area contributed by atoms with Gasteiger partial charge in [-0.3, -0.25) is 0 Å². The fourth-order valence-electron chi connectivity index (χ4n) is 3.31. The van der Waals surface area contributed by atoms with E-state index in [-0.39, 0.29) is 58.0 Å². The molecule has 0 bridgehead atoms. The summed E-state index contributed by atoms with van der Waals surface area (Å²) in [7, 11) is -4.16. The number of rotatable bonds is 19. The maximum Gasteiger partial charge on any atom is 1.00 e. The molecule has 0 aliphatic heterocycles. The van der Waals surface area contributed by atoms with E-state index in [1.54, 1.807) is 0 Å². The third-order valence-electron chi connectivity index (χ3n) is 4.97. The van der Waals surface area contributed by atoms with Crippen LogP contribution in [0.1, 0.15) is 116 Å². The van der Waals surface area contributed by atoms with Gasteiger partial charge in [0.15, 0.2) is 0 Å². The molecule has 0 saturated carbocycles. The molecule has 152 valence electrons. The molecule has 0 amide bonds. The van der Waals surface area contributed by atoms with Gasteiger partial charge in [0.05, 0.1) is 10.1 Å². The summed E-state index contributed by atoms with van der Waals surface area (Å²) in [5, 5.41) is 8.03. The smallest absolute Gasteiger partial charge is 0.748 e. The first-order valence-corrected chi connectivity index (χ1v) is 12.0. The van der Waals surface area contributed by atoms with Crippen LogP contribution in [0.15, 0.2) is 0 Å². The van der Waals surface area contributed by atoms with Crippen LogP contribution in [-0.2, 0) is 10.1 Å². The minimum absolute atomic E-state index is 0. The normalized spacial score (nSPS) is 12.7. The van der Waals surface area contributed by atoms with Crippen molar-refractivity contribution < 1.29 is 69.5 Å². The minimum Gasteiger partial charge on any atom is -0.748 e. The molecular weight excluding hydrogens is 375 g/mol. The zero-order valence-electron chi connectivity index (χ0n) is 17.4. The maximum absolute atomic E-state index is 11.4. The van der Waals surface area contributed by atoms with Crippen LogP contribution in [0.2, 0.25) is 0 Å². The summed E-state index contributed by atoms with van der Waals surface area (Å²) >= 11 is 0. The zero-order chi connectivity index (χ0) is 18.8. The van der Waals surface area contributed by atoms with Crippen LogP contribution >= 0.6 is 0 Å². The van der Waals surface area contributed by atoms with E-state index >= 15 is 0 Å². The van der Waals surface area contributed by atoms with Gasteiger partial charge in [0.25, 0.3) is 0 Å². The Morgan fingerprint density at radius 2 is 1.04 bits per heavy atom. The maximum atomic E-state index is 11.4. The first kappa shape index (κ1) is 29.7. The van der Waals surface area contributed by atoms with E-state index in [1.165, 1.54) is 38.5 Å². The van der Waals surface area contributed by atoms with Crippen LogP contribution in [0.3, 0.4) is 0 Å². The fraction of sp³-hybridized carbons (Fsp3) is 1.00. The molecule has 0 aliphatic rings. The van der Waals surface area contributed by atoms with Gasteiger partial charge in [-0.15, -0.1) is 0 Å². The second-order valence-corrected chi connectivity index (χ2v) is 9.02. The summed E-state index contributed by atoms with van der Waals surface area (Å²) in [5.74, 6) is 0. The molecule has 0 aromatic rings. The van der Waals surface area contributed by atoms with Crippen LogP contribution in [0.4, 0.5) is 0 Å². The van der Waals surface area contributed by atoms with Gasteiger partial charge in [0, 0.05) is 11.9 Å². The molecule has 0 fully saturated rings. The quantitative estimate of drug-likeness (QED) is 0.199. The van der Waals surface area contributed by atoms with Crippen molar-refractivity contribution in [3.05, 3.63) is 0 Å². The average Bonchev–Trinajstić information content (AvgIpc) is 2.56. The first-order chi connectivity index (χ1) is 12.0. The molecule has 1 N–H and O–H groups in total. The summed E-state index contributed by atoms with van der Waals surface area (Å²) < 4.78 is 34.3. The molecule has 0 aromatic carbocycles. The Morgan fingerprint density at radius 1 is 0.692 bits per heavy atom. The summed E-state index contributed by atoms with van der Waals surface area (Å²) in [6.45, 7) is 2.47. The number of aliphatic hydroxyl groups is 1. The molecular formula is C20H41KO4S. The van der Waals surface area contributed by atoms with Crippen molar-refractivity contribution in [3.8, 4) is 0 Å². The largest absolute Gasteiger partial charge is 1.00 e. The van der Waals surface area contributed by atoms with Gasteiger partial charge < -0.3 is 9.66 Å². The van der Waals surface area contributed by atoms with Gasteiger partial charge in [-0.05, 0) is 19.3 Å². The molecule has 0 spiro atoms. The summed E-state index contributed by atoms with van der Waals surface area (Å²) in [4.78, 5) is 0. The van der Waals surface area contributed by atoms with E-state index in [0.29, 0.717) is 12.8 Å². The molecule has 6 heteroatoms. The van der Waals surface area contributed by atoms with Crippen LogP contribution in [-0.4, -0.2) is 29.9 Å². The van der Waals surface area contributed by atoms with Crippen molar-refractivity contribution in [1.82, 2.24) is 0 Å². The third-order valence-corrected chi connectivity index (χ3v) is 6.26. The Bertz CT molecular complexity index is 374. The minimum atomic E-state index is -4.16. The van der Waals surface area contributed by atoms with Gasteiger partial charge in [-0.25, -0.2) is 8.42 Å². The molecule has 26 heavy (non-hydrogen) atoms. The van der Waals surface area contributed by atoms with Gasteiger partial charge >= 0.3 is 51.4 Å². The number of unbranched alkanes of at least 4 members (excludes halogenated alkanes) is 13. The standard InChI is InChI=1S/C20H42O4S.K/c1-2-3-4-5-6-7-8-11-14-17-20(25(22,23)24)18-15-12-9-10-13-16-19-21;/h20-21H,2-19H2,1H3,(H,22,23,24);/q;+1/p-1. The molecule has 0 heterocycles. The van der Waals surface area contributed by atoms with Gasteiger partial charge in [0.1, 0.15) is 0 Å². The van der Waals surface area contributed by atoms with E-state index in [0.717, 1.165) is 57.8 Å². The van der Waals surface area contributed by atoms with Crippen molar-refractivity contribution in [3.63, 3.8) is 0 Å². The van der Waals surface area contributed by atoms with Crippen LogP contribution in [0, 0.1) is 0 Å². The van der Waals surface area contributed by atoms with Crippen LogP contribution in [0.5, 0.6) is 0 Å². The fourth-order valence-corrected chi connectivity index (χ4v) is 4.22. The Balaban J connectivity index is 0. The van der Waals surface area contributed by atoms with Gasteiger partial charge in [-0.2, -0.15) is 0 Å². The Hall–Kier alpha value is 1.51. The van der Waals surface area contributed by atoms with E-state index in [2.05, 4.69) is 6.92 Å². The molecule has 0 rings (SSSR count). The molecule has 1 atom stereocenters. The van der Waals surface area contributed by atoms with Crippen molar-refractivity contribution >= 4 is 10.1 Å². The first-order valence-electron chi connectivity index (χ1n) is 10.6. The predicted molar refractivity (Wildman–Crippen MR) is 105 cm³/mol. The van der Waals surface area contributed by atoms with Gasteiger partial charge in [0.2, 0.25) is 0 Å². The number of aliphatic hydroxyl groups excluding tert-OH is 1. The number of hydrogen-bond acceptors (Lipinski definition) is 4. The van der Waals surface area contributed by atoms with Crippen LogP contribution < -0.4 is 51.4 Å².